The first kappa shape index (κ1) is 12.4. The van der Waals surface area contributed by atoms with Gasteiger partial charge in [0.05, 0.1) is 0 Å². The van der Waals surface area contributed by atoms with E-state index < -0.39 is 12.0 Å². The average Bonchev–Trinajstić information content (AvgIpc) is 2.12. The monoisotopic (exact) mass is 201 g/mol. The van der Waals surface area contributed by atoms with Crippen LogP contribution in [0.4, 0.5) is 0 Å². The van der Waals surface area contributed by atoms with Gasteiger partial charge in [-0.05, 0) is 12.8 Å². The van der Waals surface area contributed by atoms with E-state index in [1.165, 1.54) is 0 Å². The molecule has 7 heteroatoms. The summed E-state index contributed by atoms with van der Waals surface area (Å²) in [5.74, 6) is -0.940. The van der Waals surface area contributed by atoms with Gasteiger partial charge in [0.2, 0.25) is 0 Å². The van der Waals surface area contributed by atoms with Crippen LogP contribution in [0.1, 0.15) is 12.8 Å². The number of rotatable bonds is 6. The SMILES string of the molecule is N=C(N)NCCC[C@H](N)C(=O)O[C]=O. The molecule has 0 fully saturated rings. The highest BCUT2D eigenvalue weighted by Gasteiger charge is 2.14. The van der Waals surface area contributed by atoms with E-state index >= 15 is 0 Å². The van der Waals surface area contributed by atoms with Crippen molar-refractivity contribution in [3.63, 3.8) is 0 Å². The van der Waals surface area contributed by atoms with Gasteiger partial charge in [0.1, 0.15) is 6.04 Å². The molecule has 0 aromatic heterocycles. The Labute approximate surface area is 81.3 Å². The fraction of sp³-hybridized carbons (Fsp3) is 0.571. The van der Waals surface area contributed by atoms with Crippen LogP contribution in [0.3, 0.4) is 0 Å². The first-order valence-corrected chi connectivity index (χ1v) is 3.99. The van der Waals surface area contributed by atoms with Crippen molar-refractivity contribution >= 4 is 18.4 Å². The molecule has 0 rings (SSSR count). The Morgan fingerprint density at radius 2 is 2.29 bits per heavy atom. The number of nitrogens with two attached hydrogens (primary N) is 2. The van der Waals surface area contributed by atoms with E-state index in [2.05, 4.69) is 10.1 Å². The molecule has 7 nitrogen and oxygen atoms in total. The predicted octanol–water partition coefficient (Wildman–Crippen LogP) is -1.81. The van der Waals surface area contributed by atoms with Crippen LogP contribution in [0.2, 0.25) is 0 Å². The summed E-state index contributed by atoms with van der Waals surface area (Å²) >= 11 is 0. The molecule has 0 aliphatic heterocycles. The maximum atomic E-state index is 10.8. The molecule has 0 aromatic rings. The lowest BCUT2D eigenvalue weighted by Gasteiger charge is -2.07. The molecule has 0 spiro atoms. The topological polar surface area (TPSA) is 131 Å². The zero-order valence-electron chi connectivity index (χ0n) is 7.58. The lowest BCUT2D eigenvalue weighted by atomic mass is 10.2. The van der Waals surface area contributed by atoms with E-state index in [4.69, 9.17) is 16.9 Å². The first-order valence-electron chi connectivity index (χ1n) is 3.99. The minimum Gasteiger partial charge on any atom is -0.383 e. The third kappa shape index (κ3) is 5.95. The molecule has 0 heterocycles. The molecular weight excluding hydrogens is 188 g/mol. The van der Waals surface area contributed by atoms with Crippen molar-refractivity contribution in [3.8, 4) is 0 Å². The Hall–Kier alpha value is -1.63. The third-order valence-corrected chi connectivity index (χ3v) is 1.45. The van der Waals surface area contributed by atoms with E-state index in [9.17, 15) is 9.59 Å². The van der Waals surface area contributed by atoms with Gasteiger partial charge in [0, 0.05) is 6.54 Å². The second-order valence-electron chi connectivity index (χ2n) is 2.59. The van der Waals surface area contributed by atoms with Gasteiger partial charge in [-0.25, -0.2) is 9.59 Å². The molecule has 0 unspecified atom stereocenters. The normalized spacial score (nSPS) is 11.5. The lowest BCUT2D eigenvalue weighted by molar-refractivity contribution is -0.137. The second kappa shape index (κ2) is 6.84. The molecule has 0 aliphatic rings. The highest BCUT2D eigenvalue weighted by atomic mass is 16.6. The summed E-state index contributed by atoms with van der Waals surface area (Å²) in [5, 5.41) is 9.37. The quantitative estimate of drug-likeness (QED) is 0.132. The van der Waals surface area contributed by atoms with Crippen molar-refractivity contribution < 1.29 is 14.3 Å². The Balaban J connectivity index is 3.52. The van der Waals surface area contributed by atoms with Crippen LogP contribution < -0.4 is 16.8 Å². The first-order chi connectivity index (χ1) is 6.57. The van der Waals surface area contributed by atoms with E-state index in [0.717, 1.165) is 6.47 Å². The van der Waals surface area contributed by atoms with E-state index in [1.54, 1.807) is 0 Å². The molecule has 79 valence electrons. The molecule has 0 aliphatic carbocycles. The summed E-state index contributed by atoms with van der Waals surface area (Å²) in [7, 11) is 0. The van der Waals surface area contributed by atoms with Gasteiger partial charge in [-0.1, -0.05) is 0 Å². The molecule has 0 amide bonds. The fourth-order valence-corrected chi connectivity index (χ4v) is 0.780. The number of esters is 1. The Bertz CT molecular complexity index is 219. The number of ether oxygens (including phenoxy) is 1. The molecule has 0 bridgehead atoms. The molecular formula is C7H13N4O3. The summed E-state index contributed by atoms with van der Waals surface area (Å²) < 4.78 is 3.92. The maximum absolute atomic E-state index is 10.8. The van der Waals surface area contributed by atoms with Crippen molar-refractivity contribution in [2.75, 3.05) is 6.54 Å². The van der Waals surface area contributed by atoms with Crippen molar-refractivity contribution in [2.45, 2.75) is 18.9 Å². The van der Waals surface area contributed by atoms with Gasteiger partial charge in [-0.3, -0.25) is 5.41 Å². The van der Waals surface area contributed by atoms with Crippen molar-refractivity contribution in [1.82, 2.24) is 5.32 Å². The van der Waals surface area contributed by atoms with E-state index in [0.29, 0.717) is 19.4 Å². The molecule has 1 radical (unpaired) electrons. The minimum atomic E-state index is -0.842. The van der Waals surface area contributed by atoms with Crippen LogP contribution in [0.25, 0.3) is 0 Å². The predicted molar refractivity (Wildman–Crippen MR) is 48.9 cm³/mol. The smallest absolute Gasteiger partial charge is 0.383 e. The van der Waals surface area contributed by atoms with Gasteiger partial charge in [-0.15, -0.1) is 0 Å². The van der Waals surface area contributed by atoms with Crippen LogP contribution in [0.5, 0.6) is 0 Å². The number of carbonyl (C=O) groups excluding carboxylic acids is 2. The lowest BCUT2D eigenvalue weighted by Crippen LogP contribution is -2.35. The summed E-state index contributed by atoms with van der Waals surface area (Å²) in [6.45, 7) is 1.45. The van der Waals surface area contributed by atoms with Crippen LogP contribution in [-0.2, 0) is 14.3 Å². The summed E-state index contributed by atoms with van der Waals surface area (Å²) in [4.78, 5) is 20.4. The van der Waals surface area contributed by atoms with Gasteiger partial charge < -0.3 is 21.5 Å². The zero-order chi connectivity index (χ0) is 11.0. The Morgan fingerprint density at radius 1 is 1.64 bits per heavy atom. The fourth-order valence-electron chi connectivity index (χ4n) is 0.780. The number of hydrogen-bond donors (Lipinski definition) is 4. The van der Waals surface area contributed by atoms with Crippen molar-refractivity contribution in [2.24, 2.45) is 11.5 Å². The van der Waals surface area contributed by atoms with Crippen LogP contribution in [0.15, 0.2) is 0 Å². The zero-order valence-corrected chi connectivity index (χ0v) is 7.58. The third-order valence-electron chi connectivity index (χ3n) is 1.45. The minimum absolute atomic E-state index is 0.137. The van der Waals surface area contributed by atoms with E-state index in [1.807, 2.05) is 0 Å². The largest absolute Gasteiger partial charge is 0.425 e. The van der Waals surface area contributed by atoms with Crippen LogP contribution in [-0.4, -0.2) is 31.0 Å². The van der Waals surface area contributed by atoms with E-state index in [-0.39, 0.29) is 5.96 Å². The van der Waals surface area contributed by atoms with Gasteiger partial charge in [0.25, 0.3) is 0 Å². The molecule has 6 N–H and O–H groups in total. The Morgan fingerprint density at radius 3 is 2.79 bits per heavy atom. The standard InChI is InChI=1S/C7H13N4O3/c8-5(6(13)14-4-12)2-1-3-11-7(9)10/h5H,1-3,8H2,(H4,9,10,11)/t5-/m0/s1. The van der Waals surface area contributed by atoms with Crippen LogP contribution in [0, 0.1) is 5.41 Å². The summed E-state index contributed by atoms with van der Waals surface area (Å²) in [6, 6.07) is -0.842. The Kier molecular flexibility index (Phi) is 6.04. The molecule has 0 saturated heterocycles. The number of nitrogens with one attached hydrogen (secondary N) is 2. The number of hydrogen-bond acceptors (Lipinski definition) is 5. The molecule has 14 heavy (non-hydrogen) atoms. The summed E-state index contributed by atoms with van der Waals surface area (Å²) in [5.41, 5.74) is 10.4. The maximum Gasteiger partial charge on any atom is 0.425 e. The van der Waals surface area contributed by atoms with Gasteiger partial charge >= 0.3 is 12.4 Å². The van der Waals surface area contributed by atoms with Crippen molar-refractivity contribution in [1.29, 1.82) is 5.41 Å². The highest BCUT2D eigenvalue weighted by Crippen LogP contribution is 1.95. The van der Waals surface area contributed by atoms with Gasteiger partial charge in [-0.2, -0.15) is 0 Å². The average molecular weight is 201 g/mol. The van der Waals surface area contributed by atoms with Crippen molar-refractivity contribution in [3.05, 3.63) is 0 Å². The molecule has 0 aromatic carbocycles. The molecule has 0 saturated carbocycles. The summed E-state index contributed by atoms with van der Waals surface area (Å²) in [6.07, 6.45) is 0.898. The number of carbonyl (C=O) groups is 1. The van der Waals surface area contributed by atoms with Gasteiger partial charge in [0.15, 0.2) is 5.96 Å². The van der Waals surface area contributed by atoms with Crippen LogP contribution >= 0.6 is 0 Å². The second-order valence-corrected chi connectivity index (χ2v) is 2.59. The molecule has 1 atom stereocenters. The highest BCUT2D eigenvalue weighted by molar-refractivity contribution is 5.81. The number of guanidine groups is 1.